The maximum Gasteiger partial charge on any atom is 0.257 e. The lowest BCUT2D eigenvalue weighted by molar-refractivity contribution is 0.0977. The maximum absolute atomic E-state index is 12.4. The average Bonchev–Trinajstić information content (AvgIpc) is 3.25. The summed E-state index contributed by atoms with van der Waals surface area (Å²) in [5, 5.41) is 8.24. The summed E-state index contributed by atoms with van der Waals surface area (Å²) in [5.74, 6) is 1.69. The minimum Gasteiger partial charge on any atom is -0.494 e. The number of aromatic nitrogens is 1. The Morgan fingerprint density at radius 1 is 1.10 bits per heavy atom. The second-order valence-electron chi connectivity index (χ2n) is 6.39. The van der Waals surface area contributed by atoms with Crippen molar-refractivity contribution in [2.24, 2.45) is 0 Å². The number of nitrogens with one attached hydrogen (secondary N) is 2. The van der Waals surface area contributed by atoms with Gasteiger partial charge in [0.1, 0.15) is 5.75 Å². The number of nitrogens with zero attached hydrogens (tertiary/aromatic N) is 1. The van der Waals surface area contributed by atoms with Crippen LogP contribution in [0.25, 0.3) is 11.3 Å². The Labute approximate surface area is 190 Å². The van der Waals surface area contributed by atoms with Crippen LogP contribution in [0.4, 0.5) is 5.13 Å². The predicted octanol–water partition coefficient (Wildman–Crippen LogP) is 4.74. The van der Waals surface area contributed by atoms with Crippen molar-refractivity contribution in [3.8, 4) is 28.5 Å². The molecule has 0 unspecified atom stereocenters. The summed E-state index contributed by atoms with van der Waals surface area (Å²) in [6.45, 7) is 2.67. The molecule has 2 N–H and O–H groups in total. The van der Waals surface area contributed by atoms with Crippen molar-refractivity contribution in [2.75, 3.05) is 26.1 Å². The summed E-state index contributed by atoms with van der Waals surface area (Å²) < 4.78 is 16.1. The maximum atomic E-state index is 12.4. The Morgan fingerprint density at radius 2 is 1.84 bits per heavy atom. The van der Waals surface area contributed by atoms with E-state index in [2.05, 4.69) is 15.6 Å². The number of methoxy groups -OCH3 is 2. The summed E-state index contributed by atoms with van der Waals surface area (Å²) in [5.41, 5.74) is 2.12. The van der Waals surface area contributed by atoms with Crippen molar-refractivity contribution in [3.05, 3.63) is 53.4 Å². The van der Waals surface area contributed by atoms with Crippen LogP contribution in [0.2, 0.25) is 0 Å². The van der Waals surface area contributed by atoms with Crippen LogP contribution in [0.15, 0.2) is 47.8 Å². The minimum atomic E-state index is -0.309. The molecule has 0 bridgehead atoms. The summed E-state index contributed by atoms with van der Waals surface area (Å²) in [7, 11) is 3.18. The van der Waals surface area contributed by atoms with Crippen molar-refractivity contribution >= 4 is 39.7 Å². The van der Waals surface area contributed by atoms with Crippen LogP contribution in [0.1, 0.15) is 23.7 Å². The van der Waals surface area contributed by atoms with E-state index < -0.39 is 0 Å². The molecule has 0 aliphatic rings. The van der Waals surface area contributed by atoms with Crippen molar-refractivity contribution in [1.29, 1.82) is 0 Å². The number of thiazole rings is 1. The highest BCUT2D eigenvalue weighted by atomic mass is 32.1. The molecule has 9 heteroatoms. The highest BCUT2D eigenvalue weighted by molar-refractivity contribution is 7.80. The van der Waals surface area contributed by atoms with E-state index in [-0.39, 0.29) is 11.0 Å². The average molecular weight is 458 g/mol. The zero-order chi connectivity index (χ0) is 22.2. The molecular weight excluding hydrogens is 434 g/mol. The smallest absolute Gasteiger partial charge is 0.257 e. The summed E-state index contributed by atoms with van der Waals surface area (Å²) >= 11 is 6.64. The van der Waals surface area contributed by atoms with Gasteiger partial charge >= 0.3 is 0 Å². The Balaban J connectivity index is 1.60. The SMILES string of the molecule is CCCOc1ccc(C(=O)NC(=S)Nc2nc(-c3ccc(OC)c(OC)c3)cs2)cc1. The first kappa shape index (κ1) is 22.5. The molecule has 0 spiro atoms. The molecule has 3 rings (SSSR count). The Hall–Kier alpha value is -3.17. The molecule has 0 saturated carbocycles. The van der Waals surface area contributed by atoms with Crippen LogP contribution in [-0.2, 0) is 0 Å². The van der Waals surface area contributed by atoms with Crippen molar-refractivity contribution in [2.45, 2.75) is 13.3 Å². The van der Waals surface area contributed by atoms with Gasteiger partial charge in [-0.1, -0.05) is 6.92 Å². The van der Waals surface area contributed by atoms with Gasteiger partial charge in [0.15, 0.2) is 21.7 Å². The van der Waals surface area contributed by atoms with E-state index in [0.29, 0.717) is 28.8 Å². The first-order valence-electron chi connectivity index (χ1n) is 9.57. The second kappa shape index (κ2) is 10.7. The normalized spacial score (nSPS) is 10.3. The number of hydrogen-bond donors (Lipinski definition) is 2. The molecule has 1 heterocycles. The van der Waals surface area contributed by atoms with Gasteiger partial charge in [-0.2, -0.15) is 0 Å². The molecule has 0 aliphatic heterocycles. The minimum absolute atomic E-state index is 0.171. The number of amides is 1. The van der Waals surface area contributed by atoms with E-state index in [9.17, 15) is 4.79 Å². The van der Waals surface area contributed by atoms with Crippen LogP contribution in [0.3, 0.4) is 0 Å². The van der Waals surface area contributed by atoms with E-state index >= 15 is 0 Å². The third-order valence-corrected chi connectivity index (χ3v) is 5.18. The summed E-state index contributed by atoms with van der Waals surface area (Å²) in [6.07, 6.45) is 0.923. The van der Waals surface area contributed by atoms with Gasteiger partial charge in [-0.25, -0.2) is 4.98 Å². The number of benzene rings is 2. The van der Waals surface area contributed by atoms with Crippen LogP contribution in [0.5, 0.6) is 17.2 Å². The summed E-state index contributed by atoms with van der Waals surface area (Å²) in [4.78, 5) is 16.9. The molecule has 0 saturated heterocycles. The van der Waals surface area contributed by atoms with Crippen LogP contribution < -0.4 is 24.8 Å². The van der Waals surface area contributed by atoms with E-state index in [1.54, 1.807) is 38.5 Å². The Morgan fingerprint density at radius 3 is 2.52 bits per heavy atom. The molecule has 0 aliphatic carbocycles. The molecule has 2 aromatic carbocycles. The van der Waals surface area contributed by atoms with Gasteiger partial charge in [0, 0.05) is 16.5 Å². The third-order valence-electron chi connectivity index (χ3n) is 4.22. The standard InChI is InChI=1S/C22H23N3O4S2/c1-4-11-29-16-8-5-14(6-9-16)20(26)24-21(30)25-22-23-17(13-31-22)15-7-10-18(27-2)19(12-15)28-3/h5-10,12-13H,4,11H2,1-3H3,(H2,23,24,25,26,30). The lowest BCUT2D eigenvalue weighted by atomic mass is 10.1. The van der Waals surface area contributed by atoms with Gasteiger partial charge in [0.05, 0.1) is 26.5 Å². The first-order valence-corrected chi connectivity index (χ1v) is 10.9. The van der Waals surface area contributed by atoms with Gasteiger partial charge in [0.25, 0.3) is 5.91 Å². The number of anilines is 1. The molecule has 7 nitrogen and oxygen atoms in total. The molecule has 31 heavy (non-hydrogen) atoms. The van der Waals surface area contributed by atoms with Gasteiger partial charge < -0.3 is 19.5 Å². The third kappa shape index (κ3) is 5.93. The largest absolute Gasteiger partial charge is 0.494 e. The van der Waals surface area contributed by atoms with Gasteiger partial charge in [-0.15, -0.1) is 11.3 Å². The monoisotopic (exact) mass is 457 g/mol. The lowest BCUT2D eigenvalue weighted by Gasteiger charge is -2.09. The molecule has 162 valence electrons. The number of hydrogen-bond acceptors (Lipinski definition) is 7. The quantitative estimate of drug-likeness (QED) is 0.473. The predicted molar refractivity (Wildman–Crippen MR) is 127 cm³/mol. The highest BCUT2D eigenvalue weighted by Gasteiger charge is 2.12. The number of carbonyl (C=O) groups excluding carboxylic acids is 1. The number of carbonyl (C=O) groups is 1. The Kier molecular flexibility index (Phi) is 7.80. The lowest BCUT2D eigenvalue weighted by Crippen LogP contribution is -2.34. The van der Waals surface area contributed by atoms with E-state index in [1.165, 1.54) is 11.3 Å². The van der Waals surface area contributed by atoms with Crippen LogP contribution >= 0.6 is 23.6 Å². The molecule has 1 aromatic heterocycles. The topological polar surface area (TPSA) is 81.7 Å². The summed E-state index contributed by atoms with van der Waals surface area (Å²) in [6, 6.07) is 12.5. The number of thiocarbonyl (C=S) groups is 1. The zero-order valence-electron chi connectivity index (χ0n) is 17.4. The fraction of sp³-hybridized carbons (Fsp3) is 0.227. The molecular formula is C22H23N3O4S2. The Bertz CT molecular complexity index is 1050. The van der Waals surface area contributed by atoms with Gasteiger partial charge in [-0.05, 0) is 61.1 Å². The first-order chi connectivity index (χ1) is 15.0. The zero-order valence-corrected chi connectivity index (χ0v) is 19.1. The van der Waals surface area contributed by atoms with Crippen molar-refractivity contribution in [1.82, 2.24) is 10.3 Å². The number of ether oxygens (including phenoxy) is 3. The fourth-order valence-electron chi connectivity index (χ4n) is 2.69. The van der Waals surface area contributed by atoms with Gasteiger partial charge in [-0.3, -0.25) is 10.1 Å². The van der Waals surface area contributed by atoms with Crippen LogP contribution in [0, 0.1) is 0 Å². The molecule has 0 radical (unpaired) electrons. The fourth-order valence-corrected chi connectivity index (χ4v) is 3.66. The van der Waals surface area contributed by atoms with Gasteiger partial charge in [0.2, 0.25) is 0 Å². The van der Waals surface area contributed by atoms with Crippen molar-refractivity contribution in [3.63, 3.8) is 0 Å². The highest BCUT2D eigenvalue weighted by Crippen LogP contribution is 2.33. The molecule has 3 aromatic rings. The van der Waals surface area contributed by atoms with E-state index in [0.717, 1.165) is 23.4 Å². The van der Waals surface area contributed by atoms with Crippen LogP contribution in [-0.4, -0.2) is 36.8 Å². The molecule has 0 atom stereocenters. The second-order valence-corrected chi connectivity index (χ2v) is 7.66. The van der Waals surface area contributed by atoms with E-state index in [1.807, 2.05) is 30.5 Å². The molecule has 0 fully saturated rings. The van der Waals surface area contributed by atoms with Crippen molar-refractivity contribution < 1.29 is 19.0 Å². The number of rotatable bonds is 8. The van der Waals surface area contributed by atoms with E-state index in [4.69, 9.17) is 26.4 Å². The molecule has 1 amide bonds.